The number of aliphatic hydroxyl groups is 1. The van der Waals surface area contributed by atoms with Crippen molar-refractivity contribution in [2.24, 2.45) is 5.41 Å². The molecule has 0 bridgehead atoms. The number of rotatable bonds is 6. The van der Waals surface area contributed by atoms with Crippen molar-refractivity contribution in [1.29, 1.82) is 5.26 Å². The fraction of sp³-hybridized carbons (Fsp3) is 0.364. The van der Waals surface area contributed by atoms with E-state index >= 15 is 0 Å². The van der Waals surface area contributed by atoms with Gasteiger partial charge in [-0.25, -0.2) is 4.39 Å². The number of piperidine rings is 1. The van der Waals surface area contributed by atoms with Crippen LogP contribution >= 0.6 is 11.6 Å². The van der Waals surface area contributed by atoms with Crippen molar-refractivity contribution in [2.75, 3.05) is 19.7 Å². The molecule has 7 heteroatoms. The Morgan fingerprint density at radius 1 is 1.24 bits per heavy atom. The number of nitriles is 1. The van der Waals surface area contributed by atoms with Gasteiger partial charge in [0, 0.05) is 23.7 Å². The molecule has 1 saturated heterocycles. The molecule has 152 valence electrons. The van der Waals surface area contributed by atoms with Gasteiger partial charge in [-0.15, -0.1) is 0 Å². The molecule has 0 unspecified atom stereocenters. The van der Waals surface area contributed by atoms with Gasteiger partial charge in [0.2, 0.25) is 0 Å². The van der Waals surface area contributed by atoms with Crippen LogP contribution in [0.5, 0.6) is 5.75 Å². The number of carbonyl (C=O) groups excluding carboxylic acids is 1. The number of ether oxygens (including phenoxy) is 1. The third kappa shape index (κ3) is 5.26. The lowest BCUT2D eigenvalue weighted by Crippen LogP contribution is -2.45. The molecule has 0 radical (unpaired) electrons. The highest BCUT2D eigenvalue weighted by atomic mass is 35.5. The van der Waals surface area contributed by atoms with Gasteiger partial charge in [0.05, 0.1) is 18.1 Å². The van der Waals surface area contributed by atoms with Crippen LogP contribution in [-0.2, 0) is 17.8 Å². The predicted octanol–water partition coefficient (Wildman–Crippen LogP) is 3.73. The van der Waals surface area contributed by atoms with Crippen LogP contribution in [0, 0.1) is 22.6 Å². The number of nitrogens with zero attached hydrogens (tertiary/aromatic N) is 2. The van der Waals surface area contributed by atoms with Gasteiger partial charge < -0.3 is 14.7 Å². The van der Waals surface area contributed by atoms with E-state index in [9.17, 15) is 19.6 Å². The Labute approximate surface area is 174 Å². The average molecular weight is 417 g/mol. The van der Waals surface area contributed by atoms with Crippen LogP contribution < -0.4 is 4.74 Å². The van der Waals surface area contributed by atoms with Gasteiger partial charge in [-0.3, -0.25) is 4.79 Å². The summed E-state index contributed by atoms with van der Waals surface area (Å²) >= 11 is 5.90. The molecule has 1 aliphatic heterocycles. The zero-order valence-electron chi connectivity index (χ0n) is 15.9. The van der Waals surface area contributed by atoms with Crippen molar-refractivity contribution in [3.63, 3.8) is 0 Å². The summed E-state index contributed by atoms with van der Waals surface area (Å²) in [7, 11) is 0. The molecule has 1 aliphatic rings. The third-order valence-electron chi connectivity index (χ3n) is 5.31. The summed E-state index contributed by atoms with van der Waals surface area (Å²) in [5.41, 5.74) is 0.873. The quantitative estimate of drug-likeness (QED) is 0.778. The Bertz CT molecular complexity index is 903. The summed E-state index contributed by atoms with van der Waals surface area (Å²) in [6.07, 6.45) is 1.64. The summed E-state index contributed by atoms with van der Waals surface area (Å²) in [5.74, 6) is -0.0488. The van der Waals surface area contributed by atoms with Crippen LogP contribution in [0.2, 0.25) is 5.02 Å². The number of hydrogen-bond donors (Lipinski definition) is 1. The highest BCUT2D eigenvalue weighted by Crippen LogP contribution is 2.34. The first-order chi connectivity index (χ1) is 13.9. The minimum absolute atomic E-state index is 0.147. The number of halogens is 2. The van der Waals surface area contributed by atoms with Crippen molar-refractivity contribution in [3.8, 4) is 11.8 Å². The summed E-state index contributed by atoms with van der Waals surface area (Å²) in [5, 5.41) is 19.6. The van der Waals surface area contributed by atoms with Crippen molar-refractivity contribution in [3.05, 3.63) is 64.4 Å². The van der Waals surface area contributed by atoms with Crippen LogP contribution in [0.4, 0.5) is 4.39 Å². The molecular formula is C22H22ClFN2O3. The second-order valence-corrected chi connectivity index (χ2v) is 7.71. The standard InChI is InChI=1S/C22H22ClFN2O3/c23-18-3-6-20(17(11-18)13-27)29-14-21(28)26-9-7-22(15-25,8-10-26)12-16-1-4-19(24)5-2-16/h1-6,11,27H,7-10,12-14H2. The van der Waals surface area contributed by atoms with Gasteiger partial charge in [0.1, 0.15) is 11.6 Å². The first kappa shape index (κ1) is 21.1. The lowest BCUT2D eigenvalue weighted by molar-refractivity contribution is -0.135. The maximum Gasteiger partial charge on any atom is 0.260 e. The molecule has 1 fully saturated rings. The van der Waals surface area contributed by atoms with Crippen LogP contribution in [0.3, 0.4) is 0 Å². The number of aliphatic hydroxyl groups excluding tert-OH is 1. The Balaban J connectivity index is 1.56. The Hall–Kier alpha value is -2.62. The molecular weight excluding hydrogens is 395 g/mol. The molecule has 2 aromatic rings. The molecule has 1 amide bonds. The lowest BCUT2D eigenvalue weighted by Gasteiger charge is -2.37. The number of benzene rings is 2. The fourth-order valence-electron chi connectivity index (χ4n) is 3.55. The average Bonchev–Trinajstić information content (AvgIpc) is 2.74. The van der Waals surface area contributed by atoms with E-state index in [0.717, 1.165) is 5.56 Å². The molecule has 29 heavy (non-hydrogen) atoms. The molecule has 3 rings (SSSR count). The Kier molecular flexibility index (Phi) is 6.73. The number of likely N-dealkylation sites (tertiary alicyclic amines) is 1. The van der Waals surface area contributed by atoms with E-state index in [1.165, 1.54) is 12.1 Å². The molecule has 2 aromatic carbocycles. The smallest absolute Gasteiger partial charge is 0.260 e. The topological polar surface area (TPSA) is 73.6 Å². The molecule has 0 saturated carbocycles. The highest BCUT2D eigenvalue weighted by Gasteiger charge is 2.36. The molecule has 0 aliphatic carbocycles. The Morgan fingerprint density at radius 2 is 1.93 bits per heavy atom. The van der Waals surface area contributed by atoms with Crippen molar-refractivity contribution in [1.82, 2.24) is 4.90 Å². The van der Waals surface area contributed by atoms with E-state index in [1.807, 2.05) is 0 Å². The van der Waals surface area contributed by atoms with Crippen LogP contribution in [0.15, 0.2) is 42.5 Å². The van der Waals surface area contributed by atoms with E-state index < -0.39 is 5.41 Å². The van der Waals surface area contributed by atoms with Crippen molar-refractivity contribution >= 4 is 17.5 Å². The van der Waals surface area contributed by atoms with E-state index in [4.69, 9.17) is 16.3 Å². The summed E-state index contributed by atoms with van der Waals surface area (Å²) in [6, 6.07) is 13.5. The first-order valence-electron chi connectivity index (χ1n) is 9.40. The molecule has 0 atom stereocenters. The molecule has 1 N–H and O–H groups in total. The van der Waals surface area contributed by atoms with Gasteiger partial charge in [-0.2, -0.15) is 5.26 Å². The molecule has 1 heterocycles. The maximum atomic E-state index is 13.1. The summed E-state index contributed by atoms with van der Waals surface area (Å²) in [6.45, 7) is 0.545. The number of hydrogen-bond acceptors (Lipinski definition) is 4. The summed E-state index contributed by atoms with van der Waals surface area (Å²) < 4.78 is 18.7. The number of carbonyl (C=O) groups is 1. The van der Waals surface area contributed by atoms with Crippen LogP contribution in [0.25, 0.3) is 0 Å². The van der Waals surface area contributed by atoms with E-state index in [0.29, 0.717) is 48.7 Å². The molecule has 5 nitrogen and oxygen atoms in total. The lowest BCUT2D eigenvalue weighted by atomic mass is 9.75. The van der Waals surface area contributed by atoms with Gasteiger partial charge in [0.25, 0.3) is 5.91 Å². The summed E-state index contributed by atoms with van der Waals surface area (Å²) in [4.78, 5) is 14.2. The highest BCUT2D eigenvalue weighted by molar-refractivity contribution is 6.30. The van der Waals surface area contributed by atoms with E-state index in [1.54, 1.807) is 35.2 Å². The SMILES string of the molecule is N#CC1(Cc2ccc(F)cc2)CCN(C(=O)COc2ccc(Cl)cc2CO)CC1. The van der Waals surface area contributed by atoms with Crippen molar-refractivity contribution < 1.29 is 19.0 Å². The van der Waals surface area contributed by atoms with Crippen LogP contribution in [0.1, 0.15) is 24.0 Å². The van der Waals surface area contributed by atoms with E-state index in [2.05, 4.69) is 6.07 Å². The van der Waals surface area contributed by atoms with Gasteiger partial charge in [-0.05, 0) is 55.2 Å². The Morgan fingerprint density at radius 3 is 2.55 bits per heavy atom. The first-order valence-corrected chi connectivity index (χ1v) is 9.78. The van der Waals surface area contributed by atoms with Gasteiger partial charge >= 0.3 is 0 Å². The molecule has 0 spiro atoms. The van der Waals surface area contributed by atoms with Crippen LogP contribution in [-0.4, -0.2) is 35.6 Å². The predicted molar refractivity (Wildman–Crippen MR) is 107 cm³/mol. The second kappa shape index (κ2) is 9.25. The normalized spacial score (nSPS) is 15.6. The van der Waals surface area contributed by atoms with Gasteiger partial charge in [0.15, 0.2) is 6.61 Å². The zero-order valence-corrected chi connectivity index (χ0v) is 16.7. The van der Waals surface area contributed by atoms with E-state index in [-0.39, 0.29) is 24.9 Å². The van der Waals surface area contributed by atoms with Gasteiger partial charge in [-0.1, -0.05) is 23.7 Å². The minimum atomic E-state index is -0.560. The zero-order chi connectivity index (χ0) is 20.9. The molecule has 0 aromatic heterocycles. The maximum absolute atomic E-state index is 13.1. The number of amides is 1. The largest absolute Gasteiger partial charge is 0.483 e. The second-order valence-electron chi connectivity index (χ2n) is 7.27. The van der Waals surface area contributed by atoms with Crippen molar-refractivity contribution in [2.45, 2.75) is 25.9 Å². The monoisotopic (exact) mass is 416 g/mol. The minimum Gasteiger partial charge on any atom is -0.483 e. The third-order valence-corrected chi connectivity index (χ3v) is 5.55. The fourth-order valence-corrected chi connectivity index (χ4v) is 3.74.